The minimum absolute atomic E-state index is 0.133. The molecule has 5 nitrogen and oxygen atoms in total. The molecule has 0 spiro atoms. The number of thiazole rings is 1. The van der Waals surface area contributed by atoms with Crippen LogP contribution in [0.15, 0.2) is 42.3 Å². The molecule has 0 bridgehead atoms. The maximum absolute atomic E-state index is 12.1. The molecule has 2 aromatic heterocycles. The molecule has 0 radical (unpaired) electrons. The Morgan fingerprint density at radius 3 is 3.00 bits per heavy atom. The number of aromatic amines is 1. The van der Waals surface area contributed by atoms with E-state index in [0.29, 0.717) is 4.88 Å². The largest absolute Gasteiger partial charge is 0.345 e. The molecule has 1 aromatic carbocycles. The summed E-state index contributed by atoms with van der Waals surface area (Å²) in [6.07, 6.45) is 3.37. The summed E-state index contributed by atoms with van der Waals surface area (Å²) in [7, 11) is 0. The summed E-state index contributed by atoms with van der Waals surface area (Å²) in [6.45, 7) is 1.83. The molecule has 0 saturated heterocycles. The number of rotatable bonds is 3. The van der Waals surface area contributed by atoms with E-state index >= 15 is 0 Å². The van der Waals surface area contributed by atoms with Crippen molar-refractivity contribution >= 4 is 22.9 Å². The Labute approximate surface area is 119 Å². The first-order valence-electron chi connectivity index (χ1n) is 6.04. The standard InChI is InChI=1S/C14H12N4OS/c1-9-13(20-8-17-9)14(19)18-11-4-2-3-10(5-11)12-6-15-7-16-12/h2-8H,1H3,(H,15,16)(H,18,19). The van der Waals surface area contributed by atoms with Crippen molar-refractivity contribution < 1.29 is 4.79 Å². The number of anilines is 1. The minimum Gasteiger partial charge on any atom is -0.345 e. The number of carbonyl (C=O) groups excluding carboxylic acids is 1. The SMILES string of the molecule is Cc1ncsc1C(=O)Nc1cccc(-c2cnc[nH]2)c1. The van der Waals surface area contributed by atoms with E-state index in [-0.39, 0.29) is 5.91 Å². The summed E-state index contributed by atoms with van der Waals surface area (Å²) < 4.78 is 0. The molecule has 0 saturated carbocycles. The predicted octanol–water partition coefficient (Wildman–Crippen LogP) is 3.09. The van der Waals surface area contributed by atoms with Crippen LogP contribution in [0.3, 0.4) is 0 Å². The third kappa shape index (κ3) is 2.46. The Hall–Kier alpha value is -2.47. The Balaban J connectivity index is 1.83. The second-order valence-electron chi connectivity index (χ2n) is 4.27. The molecule has 2 heterocycles. The van der Waals surface area contributed by atoms with Crippen LogP contribution in [-0.2, 0) is 0 Å². The highest BCUT2D eigenvalue weighted by molar-refractivity contribution is 7.12. The van der Waals surface area contributed by atoms with E-state index in [1.54, 1.807) is 18.0 Å². The second kappa shape index (κ2) is 5.26. The summed E-state index contributed by atoms with van der Waals surface area (Å²) in [5.74, 6) is -0.133. The summed E-state index contributed by atoms with van der Waals surface area (Å²) in [6, 6.07) is 7.61. The predicted molar refractivity (Wildman–Crippen MR) is 78.8 cm³/mol. The van der Waals surface area contributed by atoms with Gasteiger partial charge in [0.05, 0.1) is 29.4 Å². The zero-order chi connectivity index (χ0) is 13.9. The molecular weight excluding hydrogens is 272 g/mol. The molecule has 100 valence electrons. The van der Waals surface area contributed by atoms with Crippen LogP contribution in [0.25, 0.3) is 11.3 Å². The van der Waals surface area contributed by atoms with Crippen molar-refractivity contribution in [3.63, 3.8) is 0 Å². The van der Waals surface area contributed by atoms with Crippen molar-refractivity contribution in [2.24, 2.45) is 0 Å². The van der Waals surface area contributed by atoms with E-state index in [9.17, 15) is 4.79 Å². The van der Waals surface area contributed by atoms with E-state index in [0.717, 1.165) is 22.6 Å². The quantitative estimate of drug-likeness (QED) is 0.776. The number of amides is 1. The molecule has 20 heavy (non-hydrogen) atoms. The fourth-order valence-corrected chi connectivity index (χ4v) is 2.58. The number of aryl methyl sites for hydroxylation is 1. The molecule has 6 heteroatoms. The molecule has 3 rings (SSSR count). The van der Waals surface area contributed by atoms with Gasteiger partial charge in [-0.15, -0.1) is 11.3 Å². The highest BCUT2D eigenvalue weighted by Gasteiger charge is 2.12. The summed E-state index contributed by atoms with van der Waals surface area (Å²) in [4.78, 5) is 23.9. The number of aromatic nitrogens is 3. The third-order valence-electron chi connectivity index (χ3n) is 2.88. The first-order valence-corrected chi connectivity index (χ1v) is 6.92. The lowest BCUT2D eigenvalue weighted by Gasteiger charge is -2.06. The van der Waals surface area contributed by atoms with Crippen molar-refractivity contribution in [1.29, 1.82) is 0 Å². The normalized spacial score (nSPS) is 10.4. The van der Waals surface area contributed by atoms with Gasteiger partial charge in [-0.1, -0.05) is 12.1 Å². The number of nitrogens with one attached hydrogen (secondary N) is 2. The molecule has 0 unspecified atom stereocenters. The summed E-state index contributed by atoms with van der Waals surface area (Å²) >= 11 is 1.34. The summed E-state index contributed by atoms with van der Waals surface area (Å²) in [5.41, 5.74) is 5.05. The van der Waals surface area contributed by atoms with Crippen LogP contribution in [0.1, 0.15) is 15.4 Å². The van der Waals surface area contributed by atoms with Gasteiger partial charge in [0.1, 0.15) is 4.88 Å². The van der Waals surface area contributed by atoms with Crippen LogP contribution in [0.2, 0.25) is 0 Å². The van der Waals surface area contributed by atoms with Gasteiger partial charge in [0.15, 0.2) is 0 Å². The maximum atomic E-state index is 12.1. The molecule has 1 amide bonds. The number of imidazole rings is 1. The van der Waals surface area contributed by atoms with Crippen molar-refractivity contribution in [3.05, 3.63) is 52.9 Å². The fraction of sp³-hybridized carbons (Fsp3) is 0.0714. The fourth-order valence-electron chi connectivity index (χ4n) is 1.89. The lowest BCUT2D eigenvalue weighted by Crippen LogP contribution is -2.11. The lowest BCUT2D eigenvalue weighted by molar-refractivity contribution is 0.103. The summed E-state index contributed by atoms with van der Waals surface area (Å²) in [5, 5.41) is 2.88. The number of carbonyl (C=O) groups is 1. The lowest BCUT2D eigenvalue weighted by atomic mass is 10.1. The van der Waals surface area contributed by atoms with Crippen LogP contribution in [0.5, 0.6) is 0 Å². The Bertz CT molecular complexity index is 733. The molecule has 0 aliphatic heterocycles. The van der Waals surface area contributed by atoms with Crippen LogP contribution in [0.4, 0.5) is 5.69 Å². The van der Waals surface area contributed by atoms with E-state index in [2.05, 4.69) is 20.3 Å². The van der Waals surface area contributed by atoms with Gasteiger partial charge >= 0.3 is 0 Å². The highest BCUT2D eigenvalue weighted by Crippen LogP contribution is 2.21. The Morgan fingerprint density at radius 1 is 1.40 bits per heavy atom. The van der Waals surface area contributed by atoms with Crippen LogP contribution in [0, 0.1) is 6.92 Å². The first kappa shape index (κ1) is 12.6. The molecular formula is C14H12N4OS. The van der Waals surface area contributed by atoms with Crippen molar-refractivity contribution in [2.45, 2.75) is 6.92 Å². The topological polar surface area (TPSA) is 70.7 Å². The van der Waals surface area contributed by atoms with E-state index < -0.39 is 0 Å². The number of hydrogen-bond donors (Lipinski definition) is 2. The second-order valence-corrected chi connectivity index (χ2v) is 5.12. The van der Waals surface area contributed by atoms with Crippen molar-refractivity contribution in [3.8, 4) is 11.3 Å². The molecule has 0 aliphatic rings. The van der Waals surface area contributed by atoms with Crippen molar-refractivity contribution in [1.82, 2.24) is 15.0 Å². The average Bonchev–Trinajstić information content (AvgIpc) is 3.09. The smallest absolute Gasteiger partial charge is 0.267 e. The highest BCUT2D eigenvalue weighted by atomic mass is 32.1. The monoisotopic (exact) mass is 284 g/mol. The Morgan fingerprint density at radius 2 is 2.30 bits per heavy atom. The van der Waals surface area contributed by atoms with Gasteiger partial charge in [-0.3, -0.25) is 4.79 Å². The van der Waals surface area contributed by atoms with Gasteiger partial charge in [-0.05, 0) is 19.1 Å². The van der Waals surface area contributed by atoms with Crippen LogP contribution in [-0.4, -0.2) is 20.9 Å². The molecule has 0 aliphatic carbocycles. The zero-order valence-corrected chi connectivity index (χ0v) is 11.6. The van der Waals surface area contributed by atoms with Gasteiger partial charge in [0.25, 0.3) is 5.91 Å². The van der Waals surface area contributed by atoms with Crippen LogP contribution < -0.4 is 5.32 Å². The van der Waals surface area contributed by atoms with Gasteiger partial charge < -0.3 is 10.3 Å². The number of hydrogen-bond acceptors (Lipinski definition) is 4. The Kier molecular flexibility index (Phi) is 3.30. The van der Waals surface area contributed by atoms with Crippen molar-refractivity contribution in [2.75, 3.05) is 5.32 Å². The van der Waals surface area contributed by atoms with Gasteiger partial charge in [0.2, 0.25) is 0 Å². The number of nitrogens with zero attached hydrogens (tertiary/aromatic N) is 2. The molecule has 0 atom stereocenters. The average molecular weight is 284 g/mol. The zero-order valence-electron chi connectivity index (χ0n) is 10.8. The number of H-pyrrole nitrogens is 1. The molecule has 2 N–H and O–H groups in total. The van der Waals surface area contributed by atoms with Gasteiger partial charge in [0, 0.05) is 11.3 Å². The van der Waals surface area contributed by atoms with Gasteiger partial charge in [-0.2, -0.15) is 0 Å². The van der Waals surface area contributed by atoms with Gasteiger partial charge in [-0.25, -0.2) is 9.97 Å². The molecule has 0 fully saturated rings. The third-order valence-corrected chi connectivity index (χ3v) is 3.81. The van der Waals surface area contributed by atoms with E-state index in [1.807, 2.05) is 31.2 Å². The maximum Gasteiger partial charge on any atom is 0.267 e. The van der Waals surface area contributed by atoms with E-state index in [4.69, 9.17) is 0 Å². The molecule has 3 aromatic rings. The van der Waals surface area contributed by atoms with E-state index in [1.165, 1.54) is 11.3 Å². The number of benzene rings is 1. The van der Waals surface area contributed by atoms with Crippen LogP contribution >= 0.6 is 11.3 Å². The first-order chi connectivity index (χ1) is 9.74. The minimum atomic E-state index is -0.133.